The van der Waals surface area contributed by atoms with Crippen molar-refractivity contribution in [2.75, 3.05) is 5.32 Å². The molecule has 5 aromatic rings. The van der Waals surface area contributed by atoms with Crippen molar-refractivity contribution < 1.29 is 4.39 Å². The summed E-state index contributed by atoms with van der Waals surface area (Å²) in [4.78, 5) is 4.41. The molecule has 34 heavy (non-hydrogen) atoms. The lowest BCUT2D eigenvalue weighted by Gasteiger charge is -2.13. The molecular formula is C26H22FN7. The summed E-state index contributed by atoms with van der Waals surface area (Å²) in [6.45, 7) is 1.83. The summed E-state index contributed by atoms with van der Waals surface area (Å²) in [5.41, 5.74) is 6.03. The Morgan fingerprint density at radius 3 is 2.68 bits per heavy atom. The lowest BCUT2D eigenvalue weighted by Crippen LogP contribution is -2.01. The minimum absolute atomic E-state index is 0.306. The minimum Gasteiger partial charge on any atom is -0.355 e. The number of hydrogen-bond acceptors (Lipinski definition) is 5. The predicted octanol–water partition coefficient (Wildman–Crippen LogP) is 5.93. The molecule has 0 unspecified atom stereocenters. The van der Waals surface area contributed by atoms with Gasteiger partial charge in [0.2, 0.25) is 0 Å². The van der Waals surface area contributed by atoms with Gasteiger partial charge in [0.15, 0.2) is 0 Å². The van der Waals surface area contributed by atoms with Gasteiger partial charge >= 0.3 is 0 Å². The summed E-state index contributed by atoms with van der Waals surface area (Å²) < 4.78 is 15.1. The Kier molecular flexibility index (Phi) is 5.70. The molecular weight excluding hydrogens is 429 g/mol. The average Bonchev–Trinajstić information content (AvgIpc) is 3.49. The maximum Gasteiger partial charge on any atom is 0.149 e. The van der Waals surface area contributed by atoms with Gasteiger partial charge in [0, 0.05) is 46.6 Å². The molecule has 8 heteroatoms. The van der Waals surface area contributed by atoms with Crippen LogP contribution in [0.1, 0.15) is 16.7 Å². The summed E-state index contributed by atoms with van der Waals surface area (Å²) in [6.07, 6.45) is 8.59. The quantitative estimate of drug-likeness (QED) is 0.230. The highest BCUT2D eigenvalue weighted by Crippen LogP contribution is 2.29. The van der Waals surface area contributed by atoms with Crippen LogP contribution in [0, 0.1) is 18.2 Å². The Labute approximate surface area is 194 Å². The Morgan fingerprint density at radius 1 is 1.03 bits per heavy atom. The molecule has 4 N–H and O–H groups in total. The van der Waals surface area contributed by atoms with Crippen molar-refractivity contribution in [3.63, 3.8) is 0 Å². The topological polar surface area (TPSA) is 106 Å². The number of aliphatic imine (C=N–C) groups is 1. The number of hydrogen-bond donors (Lipinski definition) is 4. The van der Waals surface area contributed by atoms with Crippen molar-refractivity contribution >= 4 is 51.3 Å². The van der Waals surface area contributed by atoms with E-state index in [0.717, 1.165) is 33.1 Å². The van der Waals surface area contributed by atoms with Crippen molar-refractivity contribution in [3.8, 4) is 0 Å². The van der Waals surface area contributed by atoms with Gasteiger partial charge in [-0.2, -0.15) is 10.2 Å². The van der Waals surface area contributed by atoms with Crippen LogP contribution >= 0.6 is 0 Å². The van der Waals surface area contributed by atoms with E-state index in [4.69, 9.17) is 5.41 Å². The largest absolute Gasteiger partial charge is 0.355 e. The number of fused-ring (bicyclic) bond motifs is 2. The Bertz CT molecular complexity index is 1540. The number of aryl methyl sites for hydroxylation is 1. The SMILES string of the molecule is Cc1cc(/C(=C/C=N)Nc2ccc3[nH]ncc3c2)cc(F)c1/N=C\Cc1ccc2cn[nH]c2c1. The summed E-state index contributed by atoms with van der Waals surface area (Å²) in [6, 6.07) is 15.1. The first kappa shape index (κ1) is 21.3. The zero-order valence-corrected chi connectivity index (χ0v) is 18.4. The fraction of sp³-hybridized carbons (Fsp3) is 0.0769. The molecule has 0 spiro atoms. The van der Waals surface area contributed by atoms with E-state index in [1.807, 2.05) is 49.4 Å². The van der Waals surface area contributed by atoms with Crippen molar-refractivity contribution in [1.29, 1.82) is 5.41 Å². The number of halogens is 1. The molecule has 0 saturated carbocycles. The summed E-state index contributed by atoms with van der Waals surface area (Å²) in [7, 11) is 0. The first-order valence-electron chi connectivity index (χ1n) is 10.8. The summed E-state index contributed by atoms with van der Waals surface area (Å²) in [5, 5.41) is 26.8. The molecule has 0 aliphatic rings. The molecule has 7 nitrogen and oxygen atoms in total. The normalized spacial score (nSPS) is 12.1. The lowest BCUT2D eigenvalue weighted by atomic mass is 10.1. The van der Waals surface area contributed by atoms with Crippen LogP contribution in [0.5, 0.6) is 0 Å². The highest BCUT2D eigenvalue weighted by molar-refractivity contribution is 5.91. The second-order valence-corrected chi connectivity index (χ2v) is 7.98. The van der Waals surface area contributed by atoms with Gasteiger partial charge in [-0.25, -0.2) is 4.39 Å². The van der Waals surface area contributed by atoms with Gasteiger partial charge < -0.3 is 10.7 Å². The number of benzene rings is 3. The first-order chi connectivity index (χ1) is 16.6. The van der Waals surface area contributed by atoms with E-state index >= 15 is 4.39 Å². The van der Waals surface area contributed by atoms with Crippen molar-refractivity contribution in [2.24, 2.45) is 4.99 Å². The van der Waals surface area contributed by atoms with E-state index in [9.17, 15) is 0 Å². The smallest absolute Gasteiger partial charge is 0.149 e. The van der Waals surface area contributed by atoms with Gasteiger partial charge in [0.05, 0.1) is 23.4 Å². The van der Waals surface area contributed by atoms with Gasteiger partial charge in [-0.15, -0.1) is 0 Å². The van der Waals surface area contributed by atoms with Crippen LogP contribution in [-0.4, -0.2) is 32.8 Å². The number of rotatable bonds is 7. The Balaban J connectivity index is 1.37. The first-order valence-corrected chi connectivity index (χ1v) is 10.8. The predicted molar refractivity (Wildman–Crippen MR) is 136 cm³/mol. The molecule has 0 aliphatic heterocycles. The van der Waals surface area contributed by atoms with E-state index in [1.165, 1.54) is 12.3 Å². The zero-order valence-electron chi connectivity index (χ0n) is 18.4. The maximum absolute atomic E-state index is 15.1. The minimum atomic E-state index is -0.418. The van der Waals surface area contributed by atoms with Gasteiger partial charge in [-0.1, -0.05) is 12.1 Å². The van der Waals surface area contributed by atoms with Gasteiger partial charge in [-0.05, 0) is 60.5 Å². The fourth-order valence-electron chi connectivity index (χ4n) is 3.88. The van der Waals surface area contributed by atoms with Crippen LogP contribution < -0.4 is 5.32 Å². The molecule has 2 aromatic heterocycles. The number of allylic oxidation sites excluding steroid dienone is 1. The number of nitrogens with zero attached hydrogens (tertiary/aromatic N) is 3. The second-order valence-electron chi connectivity index (χ2n) is 7.98. The highest BCUT2D eigenvalue weighted by atomic mass is 19.1. The summed E-state index contributed by atoms with van der Waals surface area (Å²) >= 11 is 0. The average molecular weight is 452 g/mol. The number of nitrogens with one attached hydrogen (secondary N) is 4. The third-order valence-electron chi connectivity index (χ3n) is 5.59. The van der Waals surface area contributed by atoms with E-state index < -0.39 is 5.82 Å². The van der Waals surface area contributed by atoms with Gasteiger partial charge in [-0.3, -0.25) is 15.2 Å². The number of aromatic nitrogens is 4. The Hall–Kier alpha value is -4.59. The van der Waals surface area contributed by atoms with Crippen LogP contribution in [0.4, 0.5) is 15.8 Å². The molecule has 0 amide bonds. The van der Waals surface area contributed by atoms with Crippen LogP contribution in [-0.2, 0) is 6.42 Å². The number of anilines is 1. The molecule has 0 saturated heterocycles. The third-order valence-corrected chi connectivity index (χ3v) is 5.59. The number of H-pyrrole nitrogens is 2. The molecule has 0 bridgehead atoms. The monoisotopic (exact) mass is 451 g/mol. The standard InChI is InChI=1S/C26H22FN7/c1-16-10-19(23(6-8-28)32-21-4-5-24-20(12-21)15-31-33-24)13-22(27)26(16)29-9-7-17-2-3-18-14-30-34-25(18)11-17/h2-6,8-15,28,32H,7H2,1H3,(H,30,34)(H,31,33)/b23-6-,28-8?,29-9-. The summed E-state index contributed by atoms with van der Waals surface area (Å²) in [5.74, 6) is -0.418. The molecule has 168 valence electrons. The van der Waals surface area contributed by atoms with Gasteiger partial charge in [0.1, 0.15) is 11.5 Å². The number of aromatic amines is 2. The van der Waals surface area contributed by atoms with Crippen molar-refractivity contribution in [1.82, 2.24) is 20.4 Å². The zero-order chi connectivity index (χ0) is 23.5. The van der Waals surface area contributed by atoms with E-state index in [-0.39, 0.29) is 0 Å². The third kappa shape index (κ3) is 4.33. The second kappa shape index (κ2) is 9.11. The fourth-order valence-corrected chi connectivity index (χ4v) is 3.88. The van der Waals surface area contributed by atoms with Crippen LogP contribution in [0.2, 0.25) is 0 Å². The van der Waals surface area contributed by atoms with E-state index in [1.54, 1.807) is 24.7 Å². The molecule has 0 aliphatic carbocycles. The maximum atomic E-state index is 15.1. The van der Waals surface area contributed by atoms with Crippen molar-refractivity contribution in [2.45, 2.75) is 13.3 Å². The molecule has 0 radical (unpaired) electrons. The molecule has 0 fully saturated rings. The van der Waals surface area contributed by atoms with Gasteiger partial charge in [0.25, 0.3) is 0 Å². The van der Waals surface area contributed by atoms with Crippen LogP contribution in [0.25, 0.3) is 27.5 Å². The molecule has 0 atom stereocenters. The van der Waals surface area contributed by atoms with Crippen LogP contribution in [0.15, 0.2) is 72.0 Å². The Morgan fingerprint density at radius 2 is 1.85 bits per heavy atom. The van der Waals surface area contributed by atoms with E-state index in [2.05, 4.69) is 30.7 Å². The van der Waals surface area contributed by atoms with Crippen LogP contribution in [0.3, 0.4) is 0 Å². The van der Waals surface area contributed by atoms with E-state index in [0.29, 0.717) is 28.9 Å². The molecule has 5 rings (SSSR count). The molecule has 2 heterocycles. The van der Waals surface area contributed by atoms with Crippen molar-refractivity contribution in [3.05, 3.63) is 89.5 Å². The lowest BCUT2D eigenvalue weighted by molar-refractivity contribution is 0.628. The highest BCUT2D eigenvalue weighted by Gasteiger charge is 2.11. The molecule has 3 aromatic carbocycles.